The number of rotatable bonds is 6. The zero-order chi connectivity index (χ0) is 8.53. The molecule has 0 aromatic carbocycles. The highest BCUT2D eigenvalue weighted by atomic mass is 16.1. The molecule has 0 aliphatic carbocycles. The van der Waals surface area contributed by atoms with E-state index in [9.17, 15) is 4.79 Å². The summed E-state index contributed by atoms with van der Waals surface area (Å²) in [5, 5.41) is 9.52. The van der Waals surface area contributed by atoms with Crippen molar-refractivity contribution in [2.24, 2.45) is 5.73 Å². The van der Waals surface area contributed by atoms with Gasteiger partial charge in [0.2, 0.25) is 0 Å². The molecule has 0 radical (unpaired) electrons. The third kappa shape index (κ3) is 8.94. The number of carbonyl (C=O) groups excluding carboxylic acids is 1. The Kier molecular flexibility index (Phi) is 6.37. The molecule has 0 bridgehead atoms. The first-order valence-corrected chi connectivity index (χ1v) is 3.79. The Morgan fingerprint density at radius 2 is 2.18 bits per heavy atom. The van der Waals surface area contributed by atoms with Crippen molar-refractivity contribution in [3.63, 3.8) is 0 Å². The second kappa shape index (κ2) is 7.05. The number of unbranched alkanes of at least 4 members (excludes halogenated alkanes) is 3. The van der Waals surface area contributed by atoms with E-state index in [0.717, 1.165) is 32.1 Å². The minimum Gasteiger partial charge on any atom is -0.370 e. The molecule has 4 nitrogen and oxygen atoms in total. The minimum atomic E-state index is 0.0142. The maximum absolute atomic E-state index is 9.88. The van der Waals surface area contributed by atoms with Crippen LogP contribution in [0.5, 0.6) is 0 Å². The highest BCUT2D eigenvalue weighted by molar-refractivity contribution is 5.74. The van der Waals surface area contributed by atoms with Crippen LogP contribution in [0.25, 0.3) is 0 Å². The highest BCUT2D eigenvalue weighted by Gasteiger charge is 1.89. The minimum absolute atomic E-state index is 0.0142. The van der Waals surface area contributed by atoms with Crippen LogP contribution < -0.4 is 11.1 Å². The molecule has 64 valence electrons. The van der Waals surface area contributed by atoms with E-state index in [4.69, 9.17) is 11.1 Å². The largest absolute Gasteiger partial charge is 0.370 e. The summed E-state index contributed by atoms with van der Waals surface area (Å²) < 4.78 is 0. The Morgan fingerprint density at radius 1 is 1.45 bits per heavy atom. The number of nitrogens with two attached hydrogens (primary N) is 1. The predicted molar refractivity (Wildman–Crippen MR) is 44.4 cm³/mol. The van der Waals surface area contributed by atoms with Crippen molar-refractivity contribution in [2.75, 3.05) is 6.54 Å². The first kappa shape index (κ1) is 9.94. The van der Waals surface area contributed by atoms with Crippen LogP contribution >= 0.6 is 0 Å². The summed E-state index contributed by atoms with van der Waals surface area (Å²) in [6.45, 7) is 0.730. The van der Waals surface area contributed by atoms with Gasteiger partial charge in [-0.2, -0.15) is 0 Å². The fourth-order valence-corrected chi connectivity index (χ4v) is 0.753. The lowest BCUT2D eigenvalue weighted by Crippen LogP contribution is -2.30. The molecular formula is C7H15N3O. The van der Waals surface area contributed by atoms with Crippen LogP contribution in [0.1, 0.15) is 25.7 Å². The van der Waals surface area contributed by atoms with E-state index in [1.165, 1.54) is 0 Å². The molecule has 0 atom stereocenters. The van der Waals surface area contributed by atoms with Crippen LogP contribution in [0.4, 0.5) is 0 Å². The molecule has 0 aliphatic heterocycles. The van der Waals surface area contributed by atoms with Crippen molar-refractivity contribution in [2.45, 2.75) is 25.7 Å². The average molecular weight is 157 g/mol. The van der Waals surface area contributed by atoms with Gasteiger partial charge in [0.1, 0.15) is 6.29 Å². The van der Waals surface area contributed by atoms with Gasteiger partial charge in [-0.05, 0) is 12.8 Å². The summed E-state index contributed by atoms with van der Waals surface area (Å²) in [7, 11) is 0. The van der Waals surface area contributed by atoms with Gasteiger partial charge in [0.05, 0.1) is 0 Å². The fraction of sp³-hybridized carbons (Fsp3) is 0.714. The Morgan fingerprint density at radius 3 is 2.73 bits per heavy atom. The van der Waals surface area contributed by atoms with Gasteiger partial charge in [0.25, 0.3) is 0 Å². The molecule has 0 heterocycles. The van der Waals surface area contributed by atoms with Crippen LogP contribution in [0.3, 0.4) is 0 Å². The fourth-order valence-electron chi connectivity index (χ4n) is 0.753. The van der Waals surface area contributed by atoms with E-state index in [1.807, 2.05) is 0 Å². The Balaban J connectivity index is 2.90. The zero-order valence-corrected chi connectivity index (χ0v) is 6.60. The van der Waals surface area contributed by atoms with E-state index < -0.39 is 0 Å². The molecule has 0 rings (SSSR count). The topological polar surface area (TPSA) is 79.0 Å². The predicted octanol–water partition coefficient (Wildman–Crippen LogP) is 0.229. The second-order valence-corrected chi connectivity index (χ2v) is 2.36. The summed E-state index contributed by atoms with van der Waals surface area (Å²) in [6.07, 6.45) is 4.48. The average Bonchev–Trinajstić information content (AvgIpc) is 1.96. The van der Waals surface area contributed by atoms with Crippen molar-refractivity contribution in [1.82, 2.24) is 5.32 Å². The van der Waals surface area contributed by atoms with Gasteiger partial charge in [0, 0.05) is 13.0 Å². The first-order valence-electron chi connectivity index (χ1n) is 3.79. The number of guanidine groups is 1. The number of hydrogen-bond donors (Lipinski definition) is 3. The van der Waals surface area contributed by atoms with Gasteiger partial charge in [-0.1, -0.05) is 6.42 Å². The lowest BCUT2D eigenvalue weighted by atomic mass is 10.2. The van der Waals surface area contributed by atoms with E-state index in [1.54, 1.807) is 0 Å². The van der Waals surface area contributed by atoms with E-state index >= 15 is 0 Å². The number of nitrogens with one attached hydrogen (secondary N) is 2. The molecule has 0 aromatic heterocycles. The van der Waals surface area contributed by atoms with Crippen LogP contribution in [0.2, 0.25) is 0 Å². The van der Waals surface area contributed by atoms with Gasteiger partial charge in [-0.25, -0.2) is 0 Å². The Hall–Kier alpha value is -1.06. The number of hydrogen-bond acceptors (Lipinski definition) is 2. The van der Waals surface area contributed by atoms with Crippen molar-refractivity contribution in [3.05, 3.63) is 0 Å². The smallest absolute Gasteiger partial charge is 0.185 e. The summed E-state index contributed by atoms with van der Waals surface area (Å²) in [5.74, 6) is 0.0142. The lowest BCUT2D eigenvalue weighted by molar-refractivity contribution is -0.107. The zero-order valence-electron chi connectivity index (χ0n) is 6.60. The van der Waals surface area contributed by atoms with Gasteiger partial charge < -0.3 is 15.8 Å². The monoisotopic (exact) mass is 157 g/mol. The first-order chi connectivity index (χ1) is 5.27. The van der Waals surface area contributed by atoms with E-state index in [2.05, 4.69) is 5.32 Å². The van der Waals surface area contributed by atoms with E-state index in [0.29, 0.717) is 6.42 Å². The summed E-state index contributed by atoms with van der Waals surface area (Å²) >= 11 is 0. The molecule has 11 heavy (non-hydrogen) atoms. The second-order valence-electron chi connectivity index (χ2n) is 2.36. The SMILES string of the molecule is N=C(N)NCCCCCC=O. The van der Waals surface area contributed by atoms with Gasteiger partial charge in [-0.3, -0.25) is 5.41 Å². The Labute approximate surface area is 66.7 Å². The molecule has 0 amide bonds. The third-order valence-corrected chi connectivity index (χ3v) is 1.31. The maximum Gasteiger partial charge on any atom is 0.185 e. The number of aldehydes is 1. The van der Waals surface area contributed by atoms with Gasteiger partial charge in [0.15, 0.2) is 5.96 Å². The molecule has 0 saturated heterocycles. The molecule has 0 unspecified atom stereocenters. The third-order valence-electron chi connectivity index (χ3n) is 1.31. The maximum atomic E-state index is 9.88. The molecule has 0 aliphatic rings. The van der Waals surface area contributed by atoms with Crippen LogP contribution in [0, 0.1) is 5.41 Å². The molecule has 0 saturated carbocycles. The van der Waals surface area contributed by atoms with Gasteiger partial charge in [-0.15, -0.1) is 0 Å². The molecule has 4 heteroatoms. The van der Waals surface area contributed by atoms with Crippen molar-refractivity contribution >= 4 is 12.2 Å². The molecule has 0 spiro atoms. The molecule has 0 aromatic rings. The van der Waals surface area contributed by atoms with Crippen molar-refractivity contribution in [3.8, 4) is 0 Å². The Bertz CT molecular complexity index is 125. The van der Waals surface area contributed by atoms with Gasteiger partial charge >= 0.3 is 0 Å². The van der Waals surface area contributed by atoms with Crippen molar-refractivity contribution < 1.29 is 4.79 Å². The van der Waals surface area contributed by atoms with E-state index in [-0.39, 0.29) is 5.96 Å². The standard InChI is InChI=1S/C7H15N3O/c8-7(9)10-5-3-1-2-4-6-11/h6H,1-5H2,(H4,8,9,10). The lowest BCUT2D eigenvalue weighted by Gasteiger charge is -2.01. The summed E-state index contributed by atoms with van der Waals surface area (Å²) in [6, 6.07) is 0. The normalized spacial score (nSPS) is 9.09. The molecular weight excluding hydrogens is 142 g/mol. The van der Waals surface area contributed by atoms with Crippen LogP contribution in [-0.2, 0) is 4.79 Å². The van der Waals surface area contributed by atoms with Crippen molar-refractivity contribution in [1.29, 1.82) is 5.41 Å². The summed E-state index contributed by atoms with van der Waals surface area (Å²) in [5.41, 5.74) is 5.05. The van der Waals surface area contributed by atoms with Crippen LogP contribution in [-0.4, -0.2) is 18.8 Å². The van der Waals surface area contributed by atoms with Crippen LogP contribution in [0.15, 0.2) is 0 Å². The molecule has 0 fully saturated rings. The highest BCUT2D eigenvalue weighted by Crippen LogP contribution is 1.95. The molecule has 4 N–H and O–H groups in total. The number of carbonyl (C=O) groups is 1. The summed E-state index contributed by atoms with van der Waals surface area (Å²) in [4.78, 5) is 9.88. The quantitative estimate of drug-likeness (QED) is 0.223.